The van der Waals surface area contributed by atoms with E-state index in [9.17, 15) is 18.0 Å². The van der Waals surface area contributed by atoms with Crippen LogP contribution in [0.4, 0.5) is 13.2 Å². The number of alkyl halides is 3. The first kappa shape index (κ1) is 11.5. The predicted molar refractivity (Wildman–Crippen MR) is 50.4 cm³/mol. The number of halogens is 3. The Balaban J connectivity index is 1.93. The normalized spacial score (nSPS) is 36.8. The van der Waals surface area contributed by atoms with Crippen molar-refractivity contribution in [3.05, 3.63) is 12.2 Å². The van der Waals surface area contributed by atoms with Crippen LogP contribution in [0, 0.1) is 23.7 Å². The Hall–Kier alpha value is -1.00. The summed E-state index contributed by atoms with van der Waals surface area (Å²) in [5, 5.41) is 0. The summed E-state index contributed by atoms with van der Waals surface area (Å²) in [6.07, 6.45) is 0.395. The molecule has 0 aromatic rings. The number of hydrogen-bond acceptors (Lipinski definition) is 2. The summed E-state index contributed by atoms with van der Waals surface area (Å²) in [5.74, 6) is -0.607. The highest BCUT2D eigenvalue weighted by molar-refractivity contribution is 5.74. The Morgan fingerprint density at radius 2 is 2.00 bits per heavy atom. The Morgan fingerprint density at radius 1 is 1.38 bits per heavy atom. The fraction of sp³-hybridized carbons (Fsp3) is 0.727. The van der Waals surface area contributed by atoms with Crippen LogP contribution in [0.5, 0.6) is 0 Å². The number of carbonyl (C=O) groups excluding carboxylic acids is 1. The van der Waals surface area contributed by atoms with Gasteiger partial charge in [-0.05, 0) is 24.2 Å². The van der Waals surface area contributed by atoms with Gasteiger partial charge in [-0.2, -0.15) is 13.2 Å². The molecular formula is C11H13F3O2. The number of rotatable bonds is 2. The van der Waals surface area contributed by atoms with Crippen LogP contribution in [0.15, 0.2) is 12.2 Å². The molecule has 0 aromatic heterocycles. The van der Waals surface area contributed by atoms with Crippen molar-refractivity contribution in [3.8, 4) is 0 Å². The molecule has 0 spiro atoms. The fourth-order valence-corrected chi connectivity index (χ4v) is 2.71. The average Bonchev–Trinajstić information content (AvgIpc) is 2.73. The SMILES string of the molecule is C[C@@H]1[C@@H](C(=O)OCC(F)(F)F)[C@H]2C=C[C@@H]1C2. The maximum atomic E-state index is 11.9. The first-order valence-electron chi connectivity index (χ1n) is 5.30. The second-order valence-corrected chi connectivity index (χ2v) is 4.56. The van der Waals surface area contributed by atoms with E-state index in [-0.39, 0.29) is 11.8 Å². The number of esters is 1. The summed E-state index contributed by atoms with van der Waals surface area (Å²) in [4.78, 5) is 11.5. The van der Waals surface area contributed by atoms with Gasteiger partial charge in [-0.15, -0.1) is 0 Å². The topological polar surface area (TPSA) is 26.3 Å². The third-order valence-corrected chi connectivity index (χ3v) is 3.50. The zero-order valence-electron chi connectivity index (χ0n) is 8.83. The summed E-state index contributed by atoms with van der Waals surface area (Å²) >= 11 is 0. The van der Waals surface area contributed by atoms with E-state index >= 15 is 0 Å². The number of carbonyl (C=O) groups is 1. The average molecular weight is 234 g/mol. The fourth-order valence-electron chi connectivity index (χ4n) is 2.71. The number of fused-ring (bicyclic) bond motifs is 2. The largest absolute Gasteiger partial charge is 0.456 e. The van der Waals surface area contributed by atoms with Crippen LogP contribution >= 0.6 is 0 Å². The maximum Gasteiger partial charge on any atom is 0.422 e. The molecule has 2 rings (SSSR count). The van der Waals surface area contributed by atoms with Crippen LogP contribution in [-0.2, 0) is 9.53 Å². The number of hydrogen-bond donors (Lipinski definition) is 0. The van der Waals surface area contributed by atoms with Crippen molar-refractivity contribution >= 4 is 5.97 Å². The molecule has 2 aliphatic rings. The minimum atomic E-state index is -4.44. The van der Waals surface area contributed by atoms with Crippen molar-refractivity contribution < 1.29 is 22.7 Å². The Bertz CT molecular complexity index is 322. The van der Waals surface area contributed by atoms with E-state index in [1.54, 1.807) is 0 Å². The second kappa shape index (κ2) is 3.79. The van der Waals surface area contributed by atoms with Gasteiger partial charge in [0.15, 0.2) is 6.61 Å². The highest BCUT2D eigenvalue weighted by Gasteiger charge is 2.47. The molecular weight excluding hydrogens is 221 g/mol. The van der Waals surface area contributed by atoms with E-state index in [0.717, 1.165) is 6.42 Å². The zero-order chi connectivity index (χ0) is 11.9. The van der Waals surface area contributed by atoms with E-state index in [2.05, 4.69) is 4.74 Å². The maximum absolute atomic E-state index is 11.9. The van der Waals surface area contributed by atoms with Gasteiger partial charge < -0.3 is 4.74 Å². The lowest BCUT2D eigenvalue weighted by molar-refractivity contribution is -0.190. The highest BCUT2D eigenvalue weighted by Crippen LogP contribution is 2.48. The number of allylic oxidation sites excluding steroid dienone is 2. The summed E-state index contributed by atoms with van der Waals surface area (Å²) in [6, 6.07) is 0. The van der Waals surface area contributed by atoms with Gasteiger partial charge in [-0.25, -0.2) is 0 Å². The van der Waals surface area contributed by atoms with E-state index in [1.807, 2.05) is 19.1 Å². The molecule has 1 fully saturated rings. The van der Waals surface area contributed by atoms with Crippen LogP contribution < -0.4 is 0 Å². The third kappa shape index (κ3) is 2.08. The zero-order valence-corrected chi connectivity index (χ0v) is 8.83. The molecule has 2 aliphatic carbocycles. The summed E-state index contributed by atoms with van der Waals surface area (Å²) in [5.41, 5.74) is 0. The second-order valence-electron chi connectivity index (χ2n) is 4.56. The van der Waals surface area contributed by atoms with Crippen molar-refractivity contribution in [1.29, 1.82) is 0 Å². The lowest BCUT2D eigenvalue weighted by Crippen LogP contribution is -2.30. The van der Waals surface area contributed by atoms with E-state index < -0.39 is 24.7 Å². The highest BCUT2D eigenvalue weighted by atomic mass is 19.4. The molecule has 0 heterocycles. The summed E-state index contributed by atoms with van der Waals surface area (Å²) in [6.45, 7) is 0.420. The molecule has 1 saturated carbocycles. The molecule has 4 atom stereocenters. The van der Waals surface area contributed by atoms with Crippen LogP contribution in [0.2, 0.25) is 0 Å². The predicted octanol–water partition coefficient (Wildman–Crippen LogP) is 2.55. The standard InChI is InChI=1S/C11H13F3O2/c1-6-7-2-3-8(4-7)9(6)10(15)16-5-11(12,13)14/h2-3,6-9H,4-5H2,1H3/t6-,7+,8-,9+/m0/s1. The van der Waals surface area contributed by atoms with E-state index in [1.165, 1.54) is 0 Å². The lowest BCUT2D eigenvalue weighted by atomic mass is 9.84. The minimum absolute atomic E-state index is 0.0701. The first-order valence-corrected chi connectivity index (χ1v) is 5.30. The van der Waals surface area contributed by atoms with Crippen LogP contribution in [0.1, 0.15) is 13.3 Å². The monoisotopic (exact) mass is 234 g/mol. The minimum Gasteiger partial charge on any atom is -0.456 e. The van der Waals surface area contributed by atoms with Gasteiger partial charge in [-0.1, -0.05) is 19.1 Å². The third-order valence-electron chi connectivity index (χ3n) is 3.50. The van der Waals surface area contributed by atoms with Gasteiger partial charge in [0.25, 0.3) is 0 Å². The van der Waals surface area contributed by atoms with Crippen molar-refractivity contribution in [1.82, 2.24) is 0 Å². The van der Waals surface area contributed by atoms with Crippen molar-refractivity contribution in [2.75, 3.05) is 6.61 Å². The van der Waals surface area contributed by atoms with Crippen LogP contribution in [0.3, 0.4) is 0 Å². The molecule has 0 radical (unpaired) electrons. The van der Waals surface area contributed by atoms with Gasteiger partial charge in [-0.3, -0.25) is 4.79 Å². The van der Waals surface area contributed by atoms with E-state index in [4.69, 9.17) is 0 Å². The number of ether oxygens (including phenoxy) is 1. The van der Waals surface area contributed by atoms with Gasteiger partial charge >= 0.3 is 12.1 Å². The van der Waals surface area contributed by atoms with Crippen LogP contribution in [-0.4, -0.2) is 18.8 Å². The van der Waals surface area contributed by atoms with Gasteiger partial charge in [0.1, 0.15) is 0 Å². The molecule has 2 bridgehead atoms. The summed E-state index contributed by atoms with van der Waals surface area (Å²) in [7, 11) is 0. The molecule has 0 aromatic carbocycles. The quantitative estimate of drug-likeness (QED) is 0.542. The molecule has 0 amide bonds. The van der Waals surface area contributed by atoms with Gasteiger partial charge in [0.2, 0.25) is 0 Å². The molecule has 0 unspecified atom stereocenters. The first-order chi connectivity index (χ1) is 7.38. The van der Waals surface area contributed by atoms with Gasteiger partial charge in [0.05, 0.1) is 5.92 Å². The van der Waals surface area contributed by atoms with Gasteiger partial charge in [0, 0.05) is 0 Å². The molecule has 2 nitrogen and oxygen atoms in total. The lowest BCUT2D eigenvalue weighted by Gasteiger charge is -2.23. The molecule has 16 heavy (non-hydrogen) atoms. The Labute approximate surface area is 91.5 Å². The van der Waals surface area contributed by atoms with Crippen molar-refractivity contribution in [2.45, 2.75) is 19.5 Å². The molecule has 5 heteroatoms. The van der Waals surface area contributed by atoms with Crippen molar-refractivity contribution in [2.24, 2.45) is 23.7 Å². The molecule has 0 aliphatic heterocycles. The summed E-state index contributed by atoms with van der Waals surface area (Å²) < 4.78 is 40.0. The Morgan fingerprint density at radius 3 is 2.50 bits per heavy atom. The Kier molecular flexibility index (Phi) is 2.72. The molecule has 0 saturated heterocycles. The smallest absolute Gasteiger partial charge is 0.422 e. The molecule has 0 N–H and O–H groups in total. The van der Waals surface area contributed by atoms with E-state index in [0.29, 0.717) is 5.92 Å². The molecule has 90 valence electrons. The van der Waals surface area contributed by atoms with Crippen molar-refractivity contribution in [3.63, 3.8) is 0 Å². The van der Waals surface area contributed by atoms with Crippen LogP contribution in [0.25, 0.3) is 0 Å².